The minimum Gasteiger partial charge on any atom is -0.506 e. The summed E-state index contributed by atoms with van der Waals surface area (Å²) in [7, 11) is 0. The highest BCUT2D eigenvalue weighted by atomic mass is 16.3. The van der Waals surface area contributed by atoms with Crippen molar-refractivity contribution in [3.8, 4) is 5.75 Å². The van der Waals surface area contributed by atoms with Crippen LogP contribution >= 0.6 is 0 Å². The van der Waals surface area contributed by atoms with E-state index in [1.165, 1.54) is 4.90 Å². The Labute approximate surface area is 159 Å². The van der Waals surface area contributed by atoms with Gasteiger partial charge in [-0.25, -0.2) is 0 Å². The topological polar surface area (TPSA) is 86.7 Å². The normalized spacial score (nSPS) is 22.9. The second kappa shape index (κ2) is 7.55. The molecule has 0 unspecified atom stereocenters. The highest BCUT2D eigenvalue weighted by Crippen LogP contribution is 2.37. The van der Waals surface area contributed by atoms with Gasteiger partial charge in [-0.2, -0.15) is 0 Å². The number of imide groups is 1. The van der Waals surface area contributed by atoms with Crippen molar-refractivity contribution in [3.63, 3.8) is 0 Å². The average Bonchev–Trinajstić information content (AvgIpc) is 2.86. The minimum absolute atomic E-state index is 0.0383. The average molecular weight is 370 g/mol. The smallest absolute Gasteiger partial charge is 0.247 e. The molecule has 3 rings (SSSR count). The summed E-state index contributed by atoms with van der Waals surface area (Å²) in [6, 6.07) is 4.07. The molecule has 3 atom stereocenters. The number of nitrogens with zero attached hydrogens (tertiary/aromatic N) is 1. The molecule has 0 bridgehead atoms. The summed E-state index contributed by atoms with van der Waals surface area (Å²) in [4.78, 5) is 39.9. The van der Waals surface area contributed by atoms with Crippen LogP contribution in [0, 0.1) is 24.7 Å². The van der Waals surface area contributed by atoms with E-state index in [-0.39, 0.29) is 41.0 Å². The zero-order chi connectivity index (χ0) is 19.7. The SMILES string of the molecule is Cc1ccc(NC(=O)[C@H](CC(C)C)N2C(=O)[C@H]3CC=CC[C@H]3C2=O)c(O)c1. The molecule has 6 nitrogen and oxygen atoms in total. The number of rotatable bonds is 5. The number of benzene rings is 1. The Balaban J connectivity index is 1.86. The number of anilines is 1. The molecular formula is C21H26N2O4. The maximum atomic E-state index is 13.0. The van der Waals surface area contributed by atoms with E-state index >= 15 is 0 Å². The van der Waals surface area contributed by atoms with Crippen LogP contribution in [0.15, 0.2) is 30.4 Å². The maximum absolute atomic E-state index is 13.0. The lowest BCUT2D eigenvalue weighted by Crippen LogP contribution is -2.48. The van der Waals surface area contributed by atoms with E-state index < -0.39 is 11.9 Å². The molecule has 2 aliphatic rings. The van der Waals surface area contributed by atoms with Crippen LogP contribution in [0.3, 0.4) is 0 Å². The number of hydrogen-bond acceptors (Lipinski definition) is 4. The van der Waals surface area contributed by atoms with E-state index in [1.54, 1.807) is 18.2 Å². The van der Waals surface area contributed by atoms with Gasteiger partial charge in [0.05, 0.1) is 17.5 Å². The van der Waals surface area contributed by atoms with Gasteiger partial charge in [0.1, 0.15) is 11.8 Å². The largest absolute Gasteiger partial charge is 0.506 e. The van der Waals surface area contributed by atoms with Gasteiger partial charge in [0.25, 0.3) is 0 Å². The first-order chi connectivity index (χ1) is 12.8. The Bertz CT molecular complexity index is 773. The van der Waals surface area contributed by atoms with Crippen molar-refractivity contribution < 1.29 is 19.5 Å². The van der Waals surface area contributed by atoms with Gasteiger partial charge in [-0.15, -0.1) is 0 Å². The first-order valence-corrected chi connectivity index (χ1v) is 9.42. The van der Waals surface area contributed by atoms with Gasteiger partial charge >= 0.3 is 0 Å². The van der Waals surface area contributed by atoms with Crippen molar-refractivity contribution in [2.45, 2.75) is 46.1 Å². The van der Waals surface area contributed by atoms with E-state index in [1.807, 2.05) is 32.9 Å². The van der Waals surface area contributed by atoms with Crippen LogP contribution in [0.5, 0.6) is 5.75 Å². The third-order valence-electron chi connectivity index (χ3n) is 5.26. The maximum Gasteiger partial charge on any atom is 0.247 e. The summed E-state index contributed by atoms with van der Waals surface area (Å²) in [5.41, 5.74) is 1.14. The molecule has 0 saturated carbocycles. The fourth-order valence-corrected chi connectivity index (χ4v) is 3.87. The molecule has 6 heteroatoms. The van der Waals surface area contributed by atoms with Crippen LogP contribution in [0.2, 0.25) is 0 Å². The molecule has 27 heavy (non-hydrogen) atoms. The van der Waals surface area contributed by atoms with Gasteiger partial charge in [0.15, 0.2) is 0 Å². The van der Waals surface area contributed by atoms with E-state index in [0.29, 0.717) is 19.3 Å². The lowest BCUT2D eigenvalue weighted by molar-refractivity contribution is -0.147. The number of carbonyl (C=O) groups excluding carboxylic acids is 3. The quantitative estimate of drug-likeness (QED) is 0.474. The molecule has 0 spiro atoms. The van der Waals surface area contributed by atoms with Gasteiger partial charge in [0, 0.05) is 0 Å². The third-order valence-corrected chi connectivity index (χ3v) is 5.26. The highest BCUT2D eigenvalue weighted by molar-refractivity contribution is 6.10. The number of fused-ring (bicyclic) bond motifs is 1. The number of hydrogen-bond donors (Lipinski definition) is 2. The third kappa shape index (κ3) is 3.75. The van der Waals surface area contributed by atoms with Crippen molar-refractivity contribution in [3.05, 3.63) is 35.9 Å². The Hall–Kier alpha value is -2.63. The van der Waals surface area contributed by atoms with Gasteiger partial charge < -0.3 is 10.4 Å². The molecule has 0 aromatic heterocycles. The Kier molecular flexibility index (Phi) is 5.35. The molecule has 1 aliphatic heterocycles. The molecule has 3 amide bonds. The molecule has 1 aromatic carbocycles. The molecule has 1 saturated heterocycles. The summed E-state index contributed by atoms with van der Waals surface area (Å²) in [5, 5.41) is 12.8. The fourth-order valence-electron chi connectivity index (χ4n) is 3.87. The fraction of sp³-hybridized carbons (Fsp3) is 0.476. The minimum atomic E-state index is -0.878. The molecule has 0 radical (unpaired) electrons. The number of aromatic hydroxyl groups is 1. The van der Waals surface area contributed by atoms with Crippen LogP contribution in [-0.2, 0) is 14.4 Å². The van der Waals surface area contributed by atoms with E-state index in [4.69, 9.17) is 0 Å². The second-order valence-corrected chi connectivity index (χ2v) is 7.86. The van der Waals surface area contributed by atoms with Crippen LogP contribution < -0.4 is 5.32 Å². The van der Waals surface area contributed by atoms with Crippen molar-refractivity contribution in [2.75, 3.05) is 5.32 Å². The number of carbonyl (C=O) groups is 3. The molecule has 144 valence electrons. The van der Waals surface area contributed by atoms with Crippen LogP contribution in [0.25, 0.3) is 0 Å². The highest BCUT2D eigenvalue weighted by Gasteiger charge is 2.51. The lowest BCUT2D eigenvalue weighted by atomic mass is 9.85. The predicted molar refractivity (Wildman–Crippen MR) is 102 cm³/mol. The summed E-state index contributed by atoms with van der Waals surface area (Å²) >= 11 is 0. The molecule has 1 heterocycles. The molecule has 1 aliphatic carbocycles. The first kappa shape index (κ1) is 19.1. The van der Waals surface area contributed by atoms with Crippen molar-refractivity contribution in [1.29, 1.82) is 0 Å². The number of nitrogens with one attached hydrogen (secondary N) is 1. The number of amides is 3. The molecule has 2 N–H and O–H groups in total. The van der Waals surface area contributed by atoms with Crippen LogP contribution in [-0.4, -0.2) is 33.8 Å². The predicted octanol–water partition coefficient (Wildman–Crippen LogP) is 3.01. The number of phenolic OH excluding ortho intramolecular Hbond substituents is 1. The van der Waals surface area contributed by atoms with E-state index in [2.05, 4.69) is 5.32 Å². The number of aryl methyl sites for hydroxylation is 1. The zero-order valence-corrected chi connectivity index (χ0v) is 15.9. The van der Waals surface area contributed by atoms with E-state index in [9.17, 15) is 19.5 Å². The lowest BCUT2D eigenvalue weighted by Gasteiger charge is -2.27. The summed E-state index contributed by atoms with van der Waals surface area (Å²) < 4.78 is 0. The summed E-state index contributed by atoms with van der Waals surface area (Å²) in [6.45, 7) is 5.73. The number of allylic oxidation sites excluding steroid dienone is 2. The zero-order valence-electron chi connectivity index (χ0n) is 15.9. The van der Waals surface area contributed by atoms with Crippen LogP contribution in [0.4, 0.5) is 5.69 Å². The number of likely N-dealkylation sites (tertiary alicyclic amines) is 1. The van der Waals surface area contributed by atoms with Gasteiger partial charge in [-0.3, -0.25) is 19.3 Å². The van der Waals surface area contributed by atoms with Gasteiger partial charge in [-0.1, -0.05) is 32.1 Å². The Morgan fingerprint density at radius 3 is 2.30 bits per heavy atom. The number of phenols is 1. The van der Waals surface area contributed by atoms with Crippen molar-refractivity contribution in [2.24, 2.45) is 17.8 Å². The second-order valence-electron chi connectivity index (χ2n) is 7.86. The van der Waals surface area contributed by atoms with Crippen molar-refractivity contribution >= 4 is 23.4 Å². The summed E-state index contributed by atoms with van der Waals surface area (Å²) in [5.74, 6) is -1.62. The molecule has 1 fully saturated rings. The standard InChI is InChI=1S/C21H26N2O4/c1-12(2)10-17(19(25)22-16-9-8-13(3)11-18(16)24)23-20(26)14-6-4-5-7-15(14)21(23)27/h4-5,8-9,11-12,14-15,17,24H,6-7,10H2,1-3H3,(H,22,25)/t14-,15+,17-/m0/s1. The van der Waals surface area contributed by atoms with Crippen LogP contribution in [0.1, 0.15) is 38.7 Å². The summed E-state index contributed by atoms with van der Waals surface area (Å²) in [6.07, 6.45) is 5.32. The van der Waals surface area contributed by atoms with Crippen molar-refractivity contribution in [1.82, 2.24) is 4.90 Å². The Morgan fingerprint density at radius 2 is 1.78 bits per heavy atom. The molecule has 1 aromatic rings. The first-order valence-electron chi connectivity index (χ1n) is 9.42. The Morgan fingerprint density at radius 1 is 1.19 bits per heavy atom. The monoisotopic (exact) mass is 370 g/mol. The van der Waals surface area contributed by atoms with Gasteiger partial charge in [-0.05, 0) is 49.8 Å². The van der Waals surface area contributed by atoms with Gasteiger partial charge in [0.2, 0.25) is 17.7 Å². The van der Waals surface area contributed by atoms with E-state index in [0.717, 1.165) is 5.56 Å². The molecular weight excluding hydrogens is 344 g/mol.